The molecule has 1 atom stereocenters. The summed E-state index contributed by atoms with van der Waals surface area (Å²) >= 11 is 0. The zero-order valence-electron chi connectivity index (χ0n) is 13.0. The van der Waals surface area contributed by atoms with E-state index in [0.29, 0.717) is 6.04 Å². The molecule has 3 aromatic rings. The fourth-order valence-corrected chi connectivity index (χ4v) is 3.95. The van der Waals surface area contributed by atoms with E-state index in [1.54, 1.807) is 0 Å². The van der Waals surface area contributed by atoms with Crippen molar-refractivity contribution in [2.45, 2.75) is 45.1 Å². The molecule has 1 aliphatic rings. The van der Waals surface area contributed by atoms with Gasteiger partial charge in [0.2, 0.25) is 0 Å². The molecule has 1 saturated carbocycles. The van der Waals surface area contributed by atoms with E-state index in [2.05, 4.69) is 45.0 Å². The lowest BCUT2D eigenvalue weighted by Crippen LogP contribution is -2.17. The number of nitrogens with one attached hydrogen (secondary N) is 1. The number of rotatable bonds is 4. The molecular weight excluding hydrogens is 272 g/mol. The fourth-order valence-electron chi connectivity index (χ4n) is 3.95. The van der Waals surface area contributed by atoms with Gasteiger partial charge in [-0.05, 0) is 42.9 Å². The molecule has 1 fully saturated rings. The van der Waals surface area contributed by atoms with E-state index in [-0.39, 0.29) is 0 Å². The number of pyridine rings is 1. The molecule has 0 unspecified atom stereocenters. The summed E-state index contributed by atoms with van der Waals surface area (Å²) < 4.78 is 2.20. The van der Waals surface area contributed by atoms with Gasteiger partial charge in [0.25, 0.3) is 0 Å². The second kappa shape index (κ2) is 5.59. The molecule has 0 bridgehead atoms. The maximum atomic E-state index is 4.69. The zero-order chi connectivity index (χ0) is 14.9. The minimum Gasteiger partial charge on any atom is -0.346 e. The first-order chi connectivity index (χ1) is 10.9. The monoisotopic (exact) mass is 294 g/mol. The molecule has 0 radical (unpaired) electrons. The molecule has 1 aliphatic carbocycles. The zero-order valence-corrected chi connectivity index (χ0v) is 13.0. The molecule has 114 valence electrons. The largest absolute Gasteiger partial charge is 0.346 e. The van der Waals surface area contributed by atoms with Crippen LogP contribution in [0.2, 0.25) is 0 Å². The Labute approximate surface area is 130 Å². The molecule has 4 heteroatoms. The van der Waals surface area contributed by atoms with E-state index in [1.807, 2.05) is 18.6 Å². The van der Waals surface area contributed by atoms with Gasteiger partial charge in [0.05, 0.1) is 12.2 Å². The molecule has 0 saturated heterocycles. The van der Waals surface area contributed by atoms with E-state index in [0.717, 1.165) is 23.4 Å². The summed E-state index contributed by atoms with van der Waals surface area (Å²) in [7, 11) is 0. The molecule has 0 aromatic carbocycles. The van der Waals surface area contributed by atoms with Gasteiger partial charge in [-0.1, -0.05) is 19.8 Å². The Morgan fingerprint density at radius 2 is 2.18 bits per heavy atom. The molecule has 1 N–H and O–H groups in total. The number of aromatic nitrogens is 4. The number of nitrogens with zero attached hydrogens (tertiary/aromatic N) is 3. The summed E-state index contributed by atoms with van der Waals surface area (Å²) in [4.78, 5) is 7.54. The van der Waals surface area contributed by atoms with Gasteiger partial charge in [-0.25, -0.2) is 4.98 Å². The van der Waals surface area contributed by atoms with Crippen LogP contribution in [0.1, 0.15) is 45.1 Å². The lowest BCUT2D eigenvalue weighted by atomic mass is 9.96. The quantitative estimate of drug-likeness (QED) is 0.766. The highest BCUT2D eigenvalue weighted by Gasteiger charge is 2.25. The van der Waals surface area contributed by atoms with Crippen molar-refractivity contribution in [3.05, 3.63) is 36.9 Å². The Morgan fingerprint density at radius 3 is 3.00 bits per heavy atom. The first kappa shape index (κ1) is 13.6. The molecule has 0 spiro atoms. The summed E-state index contributed by atoms with van der Waals surface area (Å²) in [5.74, 6) is 0.794. The highest BCUT2D eigenvalue weighted by atomic mass is 15.3. The first-order valence-electron chi connectivity index (χ1n) is 8.33. The van der Waals surface area contributed by atoms with Crippen molar-refractivity contribution < 1.29 is 0 Å². The van der Waals surface area contributed by atoms with Crippen LogP contribution in [0.3, 0.4) is 0 Å². The van der Waals surface area contributed by atoms with Gasteiger partial charge in [-0.3, -0.25) is 4.68 Å². The molecule has 22 heavy (non-hydrogen) atoms. The molecule has 0 aliphatic heterocycles. The number of hydrogen-bond acceptors (Lipinski definition) is 2. The van der Waals surface area contributed by atoms with Crippen LogP contribution >= 0.6 is 0 Å². The molecule has 0 amide bonds. The van der Waals surface area contributed by atoms with Gasteiger partial charge >= 0.3 is 0 Å². The second-order valence-corrected chi connectivity index (χ2v) is 6.33. The highest BCUT2D eigenvalue weighted by molar-refractivity contribution is 5.92. The van der Waals surface area contributed by atoms with E-state index in [9.17, 15) is 0 Å². The lowest BCUT2D eigenvalue weighted by Gasteiger charge is -2.22. The smallest absolute Gasteiger partial charge is 0.137 e. The maximum Gasteiger partial charge on any atom is 0.137 e. The Balaban J connectivity index is 1.70. The number of H-pyrrole nitrogens is 1. The Hall–Kier alpha value is -2.10. The summed E-state index contributed by atoms with van der Waals surface area (Å²) in [5, 5.41) is 5.85. The van der Waals surface area contributed by atoms with Crippen molar-refractivity contribution in [1.82, 2.24) is 19.7 Å². The standard InChI is InChI=1S/C18H22N4/c1-2-17(13-5-3-4-6-13)22-12-14(11-21-22)15-7-9-19-18-16(15)8-10-20-18/h7-13,17H,2-6H2,1H3,(H,19,20)/t17-/m0/s1. The third-order valence-corrected chi connectivity index (χ3v) is 5.07. The average Bonchev–Trinajstić information content (AvgIpc) is 3.29. The third kappa shape index (κ3) is 2.23. The van der Waals surface area contributed by atoms with Crippen molar-refractivity contribution in [2.75, 3.05) is 0 Å². The van der Waals surface area contributed by atoms with Gasteiger partial charge in [-0.2, -0.15) is 5.10 Å². The van der Waals surface area contributed by atoms with Crippen LogP contribution in [0.15, 0.2) is 36.9 Å². The van der Waals surface area contributed by atoms with Crippen LogP contribution in [0, 0.1) is 5.92 Å². The van der Waals surface area contributed by atoms with E-state index in [4.69, 9.17) is 0 Å². The van der Waals surface area contributed by atoms with Crippen LogP contribution in [0.4, 0.5) is 0 Å². The fraction of sp³-hybridized carbons (Fsp3) is 0.444. The minimum absolute atomic E-state index is 0.541. The molecule has 3 heterocycles. The van der Waals surface area contributed by atoms with Crippen LogP contribution < -0.4 is 0 Å². The molecule has 4 nitrogen and oxygen atoms in total. The number of hydrogen-bond donors (Lipinski definition) is 1. The predicted octanol–water partition coefficient (Wildman–Crippen LogP) is 4.57. The maximum absolute atomic E-state index is 4.69. The molecule has 3 aromatic heterocycles. The van der Waals surface area contributed by atoms with Crippen LogP contribution in [0.25, 0.3) is 22.2 Å². The van der Waals surface area contributed by atoms with Crippen LogP contribution in [-0.4, -0.2) is 19.7 Å². The lowest BCUT2D eigenvalue weighted by molar-refractivity contribution is 0.301. The summed E-state index contributed by atoms with van der Waals surface area (Å²) in [6, 6.07) is 4.71. The van der Waals surface area contributed by atoms with Crippen molar-refractivity contribution in [2.24, 2.45) is 5.92 Å². The topological polar surface area (TPSA) is 46.5 Å². The Bertz CT molecular complexity index is 764. The van der Waals surface area contributed by atoms with Gasteiger partial charge in [0.1, 0.15) is 5.65 Å². The second-order valence-electron chi connectivity index (χ2n) is 6.33. The highest BCUT2D eigenvalue weighted by Crippen LogP contribution is 2.36. The summed E-state index contributed by atoms with van der Waals surface area (Å²) in [6.45, 7) is 2.28. The summed E-state index contributed by atoms with van der Waals surface area (Å²) in [6.07, 6.45) is 14.6. The van der Waals surface area contributed by atoms with E-state index < -0.39 is 0 Å². The SMILES string of the molecule is CC[C@@H](C1CCCC1)n1cc(-c2ccnc3[nH]ccc23)cn1. The van der Waals surface area contributed by atoms with E-state index in [1.165, 1.54) is 36.8 Å². The third-order valence-electron chi connectivity index (χ3n) is 5.07. The van der Waals surface area contributed by atoms with Gasteiger partial charge in [0, 0.05) is 29.5 Å². The van der Waals surface area contributed by atoms with Crippen LogP contribution in [-0.2, 0) is 0 Å². The molecular formula is C18H22N4. The Kier molecular flexibility index (Phi) is 3.45. The van der Waals surface area contributed by atoms with Crippen molar-refractivity contribution in [3.8, 4) is 11.1 Å². The van der Waals surface area contributed by atoms with Crippen molar-refractivity contribution >= 4 is 11.0 Å². The average molecular weight is 294 g/mol. The number of aromatic amines is 1. The van der Waals surface area contributed by atoms with Gasteiger partial charge < -0.3 is 4.98 Å². The predicted molar refractivity (Wildman–Crippen MR) is 88.6 cm³/mol. The number of fused-ring (bicyclic) bond motifs is 1. The van der Waals surface area contributed by atoms with Crippen molar-refractivity contribution in [3.63, 3.8) is 0 Å². The van der Waals surface area contributed by atoms with Crippen LogP contribution in [0.5, 0.6) is 0 Å². The summed E-state index contributed by atoms with van der Waals surface area (Å²) in [5.41, 5.74) is 3.33. The Morgan fingerprint density at radius 1 is 1.32 bits per heavy atom. The minimum atomic E-state index is 0.541. The normalized spacial score (nSPS) is 17.3. The first-order valence-corrected chi connectivity index (χ1v) is 8.33. The van der Waals surface area contributed by atoms with E-state index >= 15 is 0 Å². The molecule has 4 rings (SSSR count). The van der Waals surface area contributed by atoms with Gasteiger partial charge in [-0.15, -0.1) is 0 Å². The van der Waals surface area contributed by atoms with Gasteiger partial charge in [0.15, 0.2) is 0 Å². The van der Waals surface area contributed by atoms with Crippen molar-refractivity contribution in [1.29, 1.82) is 0 Å².